The Labute approximate surface area is 113 Å². The van der Waals surface area contributed by atoms with Gasteiger partial charge in [0.1, 0.15) is 0 Å². The fourth-order valence-corrected chi connectivity index (χ4v) is 2.97. The maximum atomic E-state index is 12.2. The van der Waals surface area contributed by atoms with Crippen LogP contribution in [0.5, 0.6) is 0 Å². The highest BCUT2D eigenvalue weighted by Gasteiger charge is 2.27. The second-order valence-corrected chi connectivity index (χ2v) is 7.11. The Hall–Kier alpha value is -0.870. The first kappa shape index (κ1) is 13.6. The maximum Gasteiger partial charge on any atom is 0.224 e. The van der Waals surface area contributed by atoms with Crippen LogP contribution in [0.3, 0.4) is 0 Å². The molecule has 2 N–H and O–H groups in total. The van der Waals surface area contributed by atoms with Crippen molar-refractivity contribution in [3.05, 3.63) is 21.9 Å². The van der Waals surface area contributed by atoms with E-state index in [2.05, 4.69) is 32.2 Å². The average molecular weight is 266 g/mol. The molecular formula is C14H22N2OS. The van der Waals surface area contributed by atoms with Gasteiger partial charge in [0.25, 0.3) is 0 Å². The summed E-state index contributed by atoms with van der Waals surface area (Å²) in [5.74, 6) is 0.189. The molecule has 0 saturated heterocycles. The van der Waals surface area contributed by atoms with E-state index >= 15 is 0 Å². The second-order valence-electron chi connectivity index (χ2n) is 6.11. The molecule has 1 amide bonds. The number of rotatable bonds is 2. The van der Waals surface area contributed by atoms with Crippen molar-refractivity contribution in [1.82, 2.24) is 4.90 Å². The van der Waals surface area contributed by atoms with E-state index in [1.807, 2.05) is 4.90 Å². The Kier molecular flexibility index (Phi) is 3.78. The van der Waals surface area contributed by atoms with Crippen LogP contribution in [0, 0.1) is 5.41 Å². The lowest BCUT2D eigenvalue weighted by Crippen LogP contribution is -2.43. The zero-order valence-electron chi connectivity index (χ0n) is 11.4. The van der Waals surface area contributed by atoms with Crippen LogP contribution >= 0.6 is 11.3 Å². The van der Waals surface area contributed by atoms with Gasteiger partial charge in [0.2, 0.25) is 5.91 Å². The molecule has 0 bridgehead atoms. The highest BCUT2D eigenvalue weighted by atomic mass is 32.1. The molecule has 1 aliphatic heterocycles. The van der Waals surface area contributed by atoms with Crippen LogP contribution < -0.4 is 5.73 Å². The lowest BCUT2D eigenvalue weighted by Gasteiger charge is -2.31. The first-order chi connectivity index (χ1) is 8.38. The van der Waals surface area contributed by atoms with Crippen LogP contribution in [0.1, 0.15) is 37.6 Å². The third-order valence-corrected chi connectivity index (χ3v) is 4.69. The predicted molar refractivity (Wildman–Crippen MR) is 75.5 cm³/mol. The van der Waals surface area contributed by atoms with Crippen LogP contribution in [0.15, 0.2) is 11.4 Å². The number of carbonyl (C=O) groups excluding carboxylic acids is 1. The molecule has 3 nitrogen and oxygen atoms in total. The number of amides is 1. The zero-order valence-corrected chi connectivity index (χ0v) is 12.2. The Morgan fingerprint density at radius 2 is 2.28 bits per heavy atom. The summed E-state index contributed by atoms with van der Waals surface area (Å²) in [6, 6.07) is 2.05. The highest BCUT2D eigenvalue weighted by molar-refractivity contribution is 7.10. The van der Waals surface area contributed by atoms with Crippen molar-refractivity contribution in [2.75, 3.05) is 6.54 Å². The molecule has 0 fully saturated rings. The monoisotopic (exact) mass is 266 g/mol. The van der Waals surface area contributed by atoms with Crippen LogP contribution in [0.25, 0.3) is 0 Å². The first-order valence-electron chi connectivity index (χ1n) is 6.46. The van der Waals surface area contributed by atoms with E-state index in [1.54, 1.807) is 11.3 Å². The van der Waals surface area contributed by atoms with Crippen molar-refractivity contribution in [2.45, 2.75) is 46.2 Å². The fraction of sp³-hybridized carbons (Fsp3) is 0.643. The Balaban J connectivity index is 1.96. The van der Waals surface area contributed by atoms with Crippen molar-refractivity contribution in [3.63, 3.8) is 0 Å². The van der Waals surface area contributed by atoms with E-state index < -0.39 is 0 Å². The normalized spacial score (nSPS) is 17.4. The van der Waals surface area contributed by atoms with E-state index in [9.17, 15) is 4.79 Å². The molecule has 1 unspecified atom stereocenters. The van der Waals surface area contributed by atoms with Gasteiger partial charge in [-0.1, -0.05) is 20.8 Å². The minimum absolute atomic E-state index is 0.0149. The summed E-state index contributed by atoms with van der Waals surface area (Å²) in [6.45, 7) is 7.84. The topological polar surface area (TPSA) is 46.3 Å². The summed E-state index contributed by atoms with van der Waals surface area (Å²) in [5, 5.41) is 2.11. The molecule has 1 aromatic rings. The third-order valence-electron chi connectivity index (χ3n) is 3.67. The maximum absolute atomic E-state index is 12.2. The van der Waals surface area contributed by atoms with Gasteiger partial charge in [-0.2, -0.15) is 0 Å². The van der Waals surface area contributed by atoms with E-state index in [1.165, 1.54) is 10.4 Å². The molecule has 0 aliphatic carbocycles. The minimum Gasteiger partial charge on any atom is -0.338 e. The summed E-state index contributed by atoms with van der Waals surface area (Å²) in [5.41, 5.74) is 7.38. The van der Waals surface area contributed by atoms with Gasteiger partial charge in [-0.3, -0.25) is 4.79 Å². The summed E-state index contributed by atoms with van der Waals surface area (Å²) in [6.07, 6.45) is 1.44. The fourth-order valence-electron chi connectivity index (χ4n) is 2.08. The molecule has 100 valence electrons. The summed E-state index contributed by atoms with van der Waals surface area (Å²) >= 11 is 1.79. The predicted octanol–water partition coefficient (Wildman–Crippen LogP) is 2.40. The van der Waals surface area contributed by atoms with Gasteiger partial charge in [-0.25, -0.2) is 0 Å². The SMILES string of the molecule is CC(C)(C)C(N)CC(=O)N1CCc2sccc2C1. The van der Waals surface area contributed by atoms with E-state index in [-0.39, 0.29) is 17.4 Å². The van der Waals surface area contributed by atoms with E-state index in [0.717, 1.165) is 19.5 Å². The van der Waals surface area contributed by atoms with E-state index in [4.69, 9.17) is 5.73 Å². The van der Waals surface area contributed by atoms with Crippen LogP contribution in [0.4, 0.5) is 0 Å². The molecule has 2 rings (SSSR count). The smallest absolute Gasteiger partial charge is 0.224 e. The summed E-state index contributed by atoms with van der Waals surface area (Å²) in [7, 11) is 0. The number of carbonyl (C=O) groups is 1. The quantitative estimate of drug-likeness (QED) is 0.893. The lowest BCUT2D eigenvalue weighted by atomic mass is 9.85. The molecule has 4 heteroatoms. The zero-order chi connectivity index (χ0) is 13.3. The second kappa shape index (κ2) is 5.02. The number of fused-ring (bicyclic) bond motifs is 1. The number of hydrogen-bond acceptors (Lipinski definition) is 3. The lowest BCUT2D eigenvalue weighted by molar-refractivity contribution is -0.133. The van der Waals surface area contributed by atoms with Gasteiger partial charge in [-0.05, 0) is 28.8 Å². The first-order valence-corrected chi connectivity index (χ1v) is 7.34. The molecule has 0 saturated carbocycles. The molecule has 0 spiro atoms. The summed E-state index contributed by atoms with van der Waals surface area (Å²) in [4.78, 5) is 15.6. The Morgan fingerprint density at radius 3 is 2.94 bits per heavy atom. The van der Waals surface area contributed by atoms with Gasteiger partial charge in [-0.15, -0.1) is 11.3 Å². The van der Waals surface area contributed by atoms with Crippen molar-refractivity contribution in [2.24, 2.45) is 11.1 Å². The van der Waals surface area contributed by atoms with E-state index in [0.29, 0.717) is 6.42 Å². The van der Waals surface area contributed by atoms with Crippen molar-refractivity contribution < 1.29 is 4.79 Å². The molecular weight excluding hydrogens is 244 g/mol. The molecule has 2 heterocycles. The van der Waals surface area contributed by atoms with Crippen LogP contribution in [-0.4, -0.2) is 23.4 Å². The number of nitrogens with zero attached hydrogens (tertiary/aromatic N) is 1. The number of hydrogen-bond donors (Lipinski definition) is 1. The van der Waals surface area contributed by atoms with Gasteiger partial charge >= 0.3 is 0 Å². The van der Waals surface area contributed by atoms with Crippen LogP contribution in [-0.2, 0) is 17.8 Å². The van der Waals surface area contributed by atoms with Gasteiger partial charge in [0.15, 0.2) is 0 Å². The molecule has 0 radical (unpaired) electrons. The molecule has 18 heavy (non-hydrogen) atoms. The molecule has 1 aliphatic rings. The molecule has 1 aromatic heterocycles. The molecule has 1 atom stereocenters. The Bertz CT molecular complexity index is 433. The minimum atomic E-state index is -0.0751. The third kappa shape index (κ3) is 2.93. The van der Waals surface area contributed by atoms with Crippen molar-refractivity contribution in [3.8, 4) is 0 Å². The summed E-state index contributed by atoms with van der Waals surface area (Å²) < 4.78 is 0. The average Bonchev–Trinajstić information content (AvgIpc) is 2.74. The number of nitrogens with two attached hydrogens (primary N) is 1. The van der Waals surface area contributed by atoms with Crippen molar-refractivity contribution in [1.29, 1.82) is 0 Å². The van der Waals surface area contributed by atoms with Crippen molar-refractivity contribution >= 4 is 17.2 Å². The largest absolute Gasteiger partial charge is 0.338 e. The van der Waals surface area contributed by atoms with Gasteiger partial charge in [0, 0.05) is 30.4 Å². The standard InChI is InChI=1S/C14H22N2OS/c1-14(2,3)12(15)8-13(17)16-6-4-11-10(9-16)5-7-18-11/h5,7,12H,4,6,8-9,15H2,1-3H3. The van der Waals surface area contributed by atoms with Gasteiger partial charge < -0.3 is 10.6 Å². The number of thiophene rings is 1. The highest BCUT2D eigenvalue weighted by Crippen LogP contribution is 2.26. The van der Waals surface area contributed by atoms with Gasteiger partial charge in [0.05, 0.1) is 0 Å². The Morgan fingerprint density at radius 1 is 1.56 bits per heavy atom. The van der Waals surface area contributed by atoms with Crippen LogP contribution in [0.2, 0.25) is 0 Å². The molecule has 0 aromatic carbocycles.